The van der Waals surface area contributed by atoms with Crippen LogP contribution >= 0.6 is 11.6 Å². The topological polar surface area (TPSA) is 67.7 Å². The fourth-order valence-corrected chi connectivity index (χ4v) is 4.34. The number of carbonyl (C=O) groups is 1. The van der Waals surface area contributed by atoms with Crippen molar-refractivity contribution in [3.63, 3.8) is 0 Å². The molecule has 0 bridgehead atoms. The lowest BCUT2D eigenvalue weighted by Gasteiger charge is -2.37. The second kappa shape index (κ2) is 8.07. The van der Waals surface area contributed by atoms with E-state index in [0.29, 0.717) is 44.0 Å². The van der Waals surface area contributed by atoms with Crippen LogP contribution in [0.1, 0.15) is 5.56 Å². The first-order valence-electron chi connectivity index (χ1n) is 10.2. The van der Waals surface area contributed by atoms with E-state index >= 15 is 0 Å². The second-order valence-corrected chi connectivity index (χ2v) is 8.00. The molecule has 0 radical (unpaired) electrons. The Bertz CT molecular complexity index is 1150. The smallest absolute Gasteiger partial charge is 0.292 e. The molecule has 2 aromatic carbocycles. The Hall–Kier alpha value is -3.32. The third kappa shape index (κ3) is 3.65. The van der Waals surface area contributed by atoms with Crippen LogP contribution < -0.4 is 15.2 Å². The molecule has 31 heavy (non-hydrogen) atoms. The second-order valence-electron chi connectivity index (χ2n) is 7.63. The van der Waals surface area contributed by atoms with Gasteiger partial charge in [-0.2, -0.15) is 9.78 Å². The van der Waals surface area contributed by atoms with Gasteiger partial charge in [-0.25, -0.2) is 0 Å². The summed E-state index contributed by atoms with van der Waals surface area (Å²) < 4.78 is 7.14. The summed E-state index contributed by atoms with van der Waals surface area (Å²) in [6, 6.07) is 16.9. The molecule has 2 aliphatic heterocycles. The lowest BCUT2D eigenvalue weighted by Crippen LogP contribution is -2.52. The first-order chi connectivity index (χ1) is 15.1. The van der Waals surface area contributed by atoms with Gasteiger partial charge in [-0.3, -0.25) is 9.59 Å². The van der Waals surface area contributed by atoms with Crippen LogP contribution in [0.2, 0.25) is 5.02 Å². The third-order valence-corrected chi connectivity index (χ3v) is 6.11. The highest BCUT2D eigenvalue weighted by Gasteiger charge is 2.34. The van der Waals surface area contributed by atoms with E-state index in [9.17, 15) is 9.59 Å². The Morgan fingerprint density at radius 1 is 1.00 bits per heavy atom. The van der Waals surface area contributed by atoms with E-state index in [4.69, 9.17) is 16.3 Å². The normalized spacial score (nSPS) is 17.9. The molecular weight excluding hydrogens is 416 g/mol. The van der Waals surface area contributed by atoms with Crippen LogP contribution in [0.4, 0.5) is 5.69 Å². The van der Waals surface area contributed by atoms with E-state index in [1.54, 1.807) is 18.3 Å². The van der Waals surface area contributed by atoms with Crippen molar-refractivity contribution in [1.82, 2.24) is 14.7 Å². The number of carbonyl (C=O) groups excluding carboxylic acids is 1. The van der Waals surface area contributed by atoms with Crippen molar-refractivity contribution in [3.8, 4) is 11.4 Å². The lowest BCUT2D eigenvalue weighted by molar-refractivity contribution is -0.138. The summed E-state index contributed by atoms with van der Waals surface area (Å²) in [5, 5.41) is 4.43. The van der Waals surface area contributed by atoms with E-state index in [1.807, 2.05) is 52.3 Å². The fraction of sp³-hybridized carbons (Fsp3) is 0.261. The van der Waals surface area contributed by atoms with E-state index < -0.39 is 6.10 Å². The lowest BCUT2D eigenvalue weighted by atomic mass is 10.1. The number of fused-ring (bicyclic) bond motifs is 1. The minimum absolute atomic E-state index is 0.000401. The van der Waals surface area contributed by atoms with Crippen molar-refractivity contribution in [2.75, 3.05) is 31.1 Å². The molecule has 1 saturated heterocycles. The van der Waals surface area contributed by atoms with Gasteiger partial charge in [-0.05, 0) is 23.8 Å². The number of ether oxygens (including phenoxy) is 1. The average molecular weight is 437 g/mol. The molecule has 3 heterocycles. The van der Waals surface area contributed by atoms with Gasteiger partial charge in [0.15, 0.2) is 6.10 Å². The molecule has 0 N–H and O–H groups in total. The predicted octanol–water partition coefficient (Wildman–Crippen LogP) is 2.54. The number of hydrogen-bond acceptors (Lipinski definition) is 5. The highest BCUT2D eigenvalue weighted by Crippen LogP contribution is 2.29. The maximum Gasteiger partial charge on any atom is 0.292 e. The highest BCUT2D eigenvalue weighted by molar-refractivity contribution is 6.33. The first kappa shape index (κ1) is 19.6. The van der Waals surface area contributed by atoms with Crippen molar-refractivity contribution in [2.45, 2.75) is 12.5 Å². The molecule has 1 aromatic heterocycles. The number of nitrogens with zero attached hydrogens (tertiary/aromatic N) is 4. The van der Waals surface area contributed by atoms with E-state index in [-0.39, 0.29) is 16.5 Å². The number of benzene rings is 2. The monoisotopic (exact) mass is 436 g/mol. The molecule has 1 atom stereocenters. The van der Waals surface area contributed by atoms with Gasteiger partial charge in [0.05, 0.1) is 17.6 Å². The van der Waals surface area contributed by atoms with Gasteiger partial charge >= 0.3 is 0 Å². The van der Waals surface area contributed by atoms with E-state index in [2.05, 4.69) is 5.10 Å². The minimum Gasteiger partial charge on any atom is -0.480 e. The summed E-state index contributed by atoms with van der Waals surface area (Å²) in [6.45, 7) is 2.21. The quantitative estimate of drug-likeness (QED) is 0.631. The van der Waals surface area contributed by atoms with Crippen LogP contribution in [0.5, 0.6) is 5.75 Å². The number of anilines is 1. The number of halogens is 1. The maximum absolute atomic E-state index is 12.9. The first-order valence-corrected chi connectivity index (χ1v) is 10.6. The SMILES string of the molecule is O=C([C@H]1Cc2ccccc2O1)N1CCN(c2cnn(-c3ccccc3)c(=O)c2Cl)CC1. The zero-order chi connectivity index (χ0) is 21.4. The molecular formula is C23H21ClN4O3. The molecule has 7 nitrogen and oxygen atoms in total. The van der Waals surface area contributed by atoms with Gasteiger partial charge in [-0.15, -0.1) is 0 Å². The number of rotatable bonds is 3. The number of para-hydroxylation sites is 2. The van der Waals surface area contributed by atoms with Crippen molar-refractivity contribution in [3.05, 3.63) is 81.7 Å². The molecule has 5 rings (SSSR count). The fourth-order valence-electron chi connectivity index (χ4n) is 4.09. The van der Waals surface area contributed by atoms with Crippen LogP contribution in [0.15, 0.2) is 65.6 Å². The summed E-state index contributed by atoms with van der Waals surface area (Å²) in [5.74, 6) is 0.788. The number of aromatic nitrogens is 2. The molecule has 8 heteroatoms. The predicted molar refractivity (Wildman–Crippen MR) is 118 cm³/mol. The van der Waals surface area contributed by atoms with Gasteiger partial charge in [0.2, 0.25) is 0 Å². The molecule has 3 aromatic rings. The van der Waals surface area contributed by atoms with E-state index in [1.165, 1.54) is 4.68 Å². The van der Waals surface area contributed by atoms with Gasteiger partial charge in [0.25, 0.3) is 11.5 Å². The van der Waals surface area contributed by atoms with Crippen molar-refractivity contribution in [2.24, 2.45) is 0 Å². The van der Waals surface area contributed by atoms with Crippen LogP contribution in [0.3, 0.4) is 0 Å². The summed E-state index contributed by atoms with van der Waals surface area (Å²) in [6.07, 6.45) is 1.75. The zero-order valence-electron chi connectivity index (χ0n) is 16.8. The molecule has 1 amide bonds. The number of piperazine rings is 1. The van der Waals surface area contributed by atoms with E-state index in [0.717, 1.165) is 11.3 Å². The summed E-state index contributed by atoms with van der Waals surface area (Å²) in [5.41, 5.74) is 1.96. The summed E-state index contributed by atoms with van der Waals surface area (Å²) in [4.78, 5) is 29.5. The minimum atomic E-state index is -0.469. The average Bonchev–Trinajstić information content (AvgIpc) is 3.25. The van der Waals surface area contributed by atoms with Gasteiger partial charge < -0.3 is 14.5 Å². The molecule has 158 valence electrons. The van der Waals surface area contributed by atoms with Crippen LogP contribution in [-0.4, -0.2) is 52.9 Å². The Balaban J connectivity index is 1.26. The Labute approximate surface area is 184 Å². The van der Waals surface area contributed by atoms with Gasteiger partial charge in [0, 0.05) is 32.6 Å². The number of amides is 1. The molecule has 0 saturated carbocycles. The van der Waals surface area contributed by atoms with Crippen molar-refractivity contribution in [1.29, 1.82) is 0 Å². The Morgan fingerprint density at radius 2 is 1.71 bits per heavy atom. The summed E-state index contributed by atoms with van der Waals surface area (Å²) in [7, 11) is 0. The van der Waals surface area contributed by atoms with Crippen LogP contribution in [0, 0.1) is 0 Å². The third-order valence-electron chi connectivity index (χ3n) is 5.76. The molecule has 2 aliphatic rings. The van der Waals surface area contributed by atoms with Crippen LogP contribution in [-0.2, 0) is 11.2 Å². The molecule has 0 spiro atoms. The zero-order valence-corrected chi connectivity index (χ0v) is 17.5. The van der Waals surface area contributed by atoms with Crippen molar-refractivity contribution < 1.29 is 9.53 Å². The largest absolute Gasteiger partial charge is 0.480 e. The Kier molecular flexibility index (Phi) is 5.11. The van der Waals surface area contributed by atoms with Gasteiger partial charge in [0.1, 0.15) is 10.8 Å². The molecule has 0 unspecified atom stereocenters. The molecule has 1 fully saturated rings. The standard InChI is InChI=1S/C23H21ClN4O3/c24-21-18(15-25-28(23(21)30)17-7-2-1-3-8-17)26-10-12-27(13-11-26)22(29)20-14-16-6-4-5-9-19(16)31-20/h1-9,15,20H,10-14H2/t20-/m1/s1. The van der Waals surface area contributed by atoms with Crippen molar-refractivity contribution >= 4 is 23.2 Å². The summed E-state index contributed by atoms with van der Waals surface area (Å²) >= 11 is 6.42. The number of hydrogen-bond donors (Lipinski definition) is 0. The maximum atomic E-state index is 12.9. The molecule has 0 aliphatic carbocycles. The van der Waals surface area contributed by atoms with Gasteiger partial charge in [-0.1, -0.05) is 48.0 Å². The van der Waals surface area contributed by atoms with Crippen LogP contribution in [0.25, 0.3) is 5.69 Å². The highest BCUT2D eigenvalue weighted by atomic mass is 35.5. The Morgan fingerprint density at radius 3 is 2.45 bits per heavy atom.